The highest BCUT2D eigenvalue weighted by molar-refractivity contribution is 6.36. The minimum Gasteiger partial charge on any atom is -0.507 e. The first kappa shape index (κ1) is 21.9. The van der Waals surface area contributed by atoms with Crippen molar-refractivity contribution in [2.24, 2.45) is 0 Å². The van der Waals surface area contributed by atoms with Crippen molar-refractivity contribution in [3.63, 3.8) is 0 Å². The summed E-state index contributed by atoms with van der Waals surface area (Å²) in [5.74, 6) is 1.36. The third-order valence-corrected chi connectivity index (χ3v) is 6.29. The molecule has 0 fully saturated rings. The average molecular weight is 501 g/mol. The van der Waals surface area contributed by atoms with E-state index in [-0.39, 0.29) is 17.6 Å². The number of nitrogens with one attached hydrogen (secondary N) is 2. The van der Waals surface area contributed by atoms with E-state index in [0.717, 1.165) is 15.5 Å². The van der Waals surface area contributed by atoms with Gasteiger partial charge in [0, 0.05) is 28.1 Å². The Bertz CT molecular complexity index is 1850. The van der Waals surface area contributed by atoms with Gasteiger partial charge in [0.1, 0.15) is 33.8 Å². The van der Waals surface area contributed by atoms with Crippen LogP contribution in [0.25, 0.3) is 32.8 Å². The van der Waals surface area contributed by atoms with Gasteiger partial charge in [-0.1, -0.05) is 30.7 Å². The Morgan fingerprint density at radius 3 is 2.75 bits per heavy atom. The second kappa shape index (κ2) is 8.54. The molecule has 0 aliphatic rings. The van der Waals surface area contributed by atoms with Gasteiger partial charge in [-0.05, 0) is 42.1 Å². The molecule has 0 radical (unpaired) electrons. The quantitative estimate of drug-likeness (QED) is 0.249. The van der Waals surface area contributed by atoms with Crippen LogP contribution in [-0.2, 0) is 6.42 Å². The molecule has 0 amide bonds. The number of nitrogens with zero attached hydrogens (tertiary/aromatic N) is 3. The number of aromatic nitrogens is 5. The number of rotatable bonds is 5. The summed E-state index contributed by atoms with van der Waals surface area (Å²) in [6.07, 6.45) is 3.60. The number of aromatic amines is 2. The molecule has 36 heavy (non-hydrogen) atoms. The summed E-state index contributed by atoms with van der Waals surface area (Å²) in [5.41, 5.74) is 2.33. The van der Waals surface area contributed by atoms with E-state index in [0.29, 0.717) is 50.4 Å². The number of benzene rings is 3. The Hall–Kier alpha value is -4.63. The summed E-state index contributed by atoms with van der Waals surface area (Å²) < 4.78 is 12.9. The second-order valence-corrected chi connectivity index (χ2v) is 8.51. The SMILES string of the molecule is CCc1[nH]c2nc(Oc3ccc4c(c3)[nH]cc[n+]4=O)nc(Oc3ccc4c(O)cccc4c3)c2c1Cl. The monoisotopic (exact) mass is 500 g/mol. The summed E-state index contributed by atoms with van der Waals surface area (Å²) in [6, 6.07) is 15.6. The molecule has 0 bridgehead atoms. The van der Waals surface area contributed by atoms with Gasteiger partial charge < -0.3 is 24.5 Å². The van der Waals surface area contributed by atoms with Crippen molar-refractivity contribution < 1.29 is 19.0 Å². The largest absolute Gasteiger partial charge is 0.507 e. The van der Waals surface area contributed by atoms with Crippen LogP contribution in [0.5, 0.6) is 29.1 Å². The molecular weight excluding hydrogens is 482 g/mol. The van der Waals surface area contributed by atoms with Crippen LogP contribution in [0.4, 0.5) is 0 Å². The van der Waals surface area contributed by atoms with E-state index in [1.807, 2.05) is 19.1 Å². The molecule has 0 aliphatic carbocycles. The first-order valence-corrected chi connectivity index (χ1v) is 11.6. The average Bonchev–Trinajstić information content (AvgIpc) is 3.20. The van der Waals surface area contributed by atoms with Crippen molar-refractivity contribution in [2.45, 2.75) is 13.3 Å². The lowest BCUT2D eigenvalue weighted by Gasteiger charge is -2.10. The maximum Gasteiger partial charge on any atom is 0.327 e. The number of ether oxygens (including phenoxy) is 2. The summed E-state index contributed by atoms with van der Waals surface area (Å²) in [5, 5.41) is 12.6. The zero-order valence-corrected chi connectivity index (χ0v) is 19.7. The smallest absolute Gasteiger partial charge is 0.327 e. The van der Waals surface area contributed by atoms with E-state index in [1.54, 1.807) is 48.7 Å². The lowest BCUT2D eigenvalue weighted by Crippen LogP contribution is -2.13. The molecule has 3 N–H and O–H groups in total. The Labute approximate surface area is 208 Å². The van der Waals surface area contributed by atoms with Gasteiger partial charge >= 0.3 is 6.01 Å². The first-order valence-electron chi connectivity index (χ1n) is 11.2. The molecule has 6 rings (SSSR count). The topological polar surface area (TPSA) is 119 Å². The lowest BCUT2D eigenvalue weighted by molar-refractivity contribution is -0.464. The number of phenolic OH excluding ortho intramolecular Hbond substituents is 1. The van der Waals surface area contributed by atoms with Gasteiger partial charge in [-0.3, -0.25) is 0 Å². The van der Waals surface area contributed by atoms with Crippen molar-refractivity contribution >= 4 is 44.4 Å². The van der Waals surface area contributed by atoms with Crippen molar-refractivity contribution in [1.82, 2.24) is 19.9 Å². The first-order chi connectivity index (χ1) is 17.5. The maximum atomic E-state index is 12.0. The molecule has 0 spiro atoms. The van der Waals surface area contributed by atoms with Crippen molar-refractivity contribution in [1.29, 1.82) is 0 Å². The molecule has 0 saturated heterocycles. The number of fused-ring (bicyclic) bond motifs is 3. The maximum absolute atomic E-state index is 12.0. The molecule has 6 aromatic rings. The van der Waals surface area contributed by atoms with E-state index in [1.165, 1.54) is 6.20 Å². The lowest BCUT2D eigenvalue weighted by atomic mass is 10.1. The highest BCUT2D eigenvalue weighted by atomic mass is 35.5. The van der Waals surface area contributed by atoms with E-state index >= 15 is 0 Å². The van der Waals surface area contributed by atoms with Gasteiger partial charge in [-0.2, -0.15) is 9.97 Å². The zero-order chi connectivity index (χ0) is 24.8. The van der Waals surface area contributed by atoms with Gasteiger partial charge in [0.2, 0.25) is 12.1 Å². The Morgan fingerprint density at radius 1 is 1.06 bits per heavy atom. The molecule has 3 heterocycles. The molecule has 178 valence electrons. The number of phenols is 1. The highest BCUT2D eigenvalue weighted by Crippen LogP contribution is 2.38. The van der Waals surface area contributed by atoms with Gasteiger partial charge in [0.25, 0.3) is 5.52 Å². The van der Waals surface area contributed by atoms with Crippen molar-refractivity contribution in [2.75, 3.05) is 0 Å². The second-order valence-electron chi connectivity index (χ2n) is 8.14. The fraction of sp³-hybridized carbons (Fsp3) is 0.0769. The van der Waals surface area contributed by atoms with Crippen molar-refractivity contribution in [3.8, 4) is 29.1 Å². The molecule has 0 atom stereocenters. The normalized spacial score (nSPS) is 11.4. The molecule has 3 aromatic heterocycles. The van der Waals surface area contributed by atoms with Crippen LogP contribution in [0, 0.1) is 4.91 Å². The van der Waals surface area contributed by atoms with Crippen molar-refractivity contribution in [3.05, 3.63) is 82.6 Å². The Kier molecular flexibility index (Phi) is 5.19. The predicted molar refractivity (Wildman–Crippen MR) is 136 cm³/mol. The van der Waals surface area contributed by atoms with Gasteiger partial charge in [-0.15, -0.1) is 0 Å². The van der Waals surface area contributed by atoms with Crippen LogP contribution in [0.3, 0.4) is 0 Å². The van der Waals surface area contributed by atoms with Crippen LogP contribution in [0.15, 0.2) is 67.0 Å². The number of aryl methyl sites for hydroxylation is 1. The molecule has 0 aliphatic heterocycles. The highest BCUT2D eigenvalue weighted by Gasteiger charge is 2.20. The fourth-order valence-electron chi connectivity index (χ4n) is 4.11. The minimum atomic E-state index is 0.0433. The number of hydrogen-bond donors (Lipinski definition) is 3. The zero-order valence-electron chi connectivity index (χ0n) is 18.9. The Morgan fingerprint density at radius 2 is 1.89 bits per heavy atom. The van der Waals surface area contributed by atoms with Gasteiger partial charge in [0.05, 0.1) is 15.6 Å². The Balaban J connectivity index is 1.44. The van der Waals surface area contributed by atoms with Gasteiger partial charge in [-0.25, -0.2) is 0 Å². The standard InChI is InChI=1S/C26H18ClN5O4/c1-2-18-23(27)22-24(29-18)30-26(36-16-7-9-20-19(13-16)28-10-11-32(20)34)31-25(22)35-15-6-8-17-14(12-15)4-3-5-21(17)33/h3-13H,2H2,1H3,(H2-,28,29,30,31,33,34)/p+1. The molecule has 10 heteroatoms. The number of hydrogen-bond acceptors (Lipinski definition) is 6. The van der Waals surface area contributed by atoms with Crippen LogP contribution < -0.4 is 13.9 Å². The minimum absolute atomic E-state index is 0.0433. The van der Waals surface area contributed by atoms with E-state index in [4.69, 9.17) is 21.1 Å². The molecule has 0 saturated carbocycles. The van der Waals surface area contributed by atoms with Crippen LogP contribution in [0.2, 0.25) is 5.02 Å². The van der Waals surface area contributed by atoms with Crippen LogP contribution >= 0.6 is 11.6 Å². The summed E-state index contributed by atoms with van der Waals surface area (Å²) in [6.45, 7) is 1.98. The molecule has 0 unspecified atom stereocenters. The fourth-order valence-corrected chi connectivity index (χ4v) is 4.46. The van der Waals surface area contributed by atoms with E-state index < -0.39 is 0 Å². The number of aromatic hydroxyl groups is 1. The molecule has 3 aromatic carbocycles. The summed E-state index contributed by atoms with van der Waals surface area (Å²) in [4.78, 5) is 27.2. The van der Waals surface area contributed by atoms with E-state index in [9.17, 15) is 10.0 Å². The number of H-pyrrole nitrogens is 2. The third kappa shape index (κ3) is 3.75. The number of halogens is 1. The third-order valence-electron chi connectivity index (χ3n) is 5.87. The predicted octanol–water partition coefficient (Wildman–Crippen LogP) is 6.01. The molecular formula is C26H19ClN5O4+. The molecule has 9 nitrogen and oxygen atoms in total. The van der Waals surface area contributed by atoms with Crippen LogP contribution in [0.1, 0.15) is 12.6 Å². The van der Waals surface area contributed by atoms with E-state index in [2.05, 4.69) is 19.9 Å². The summed E-state index contributed by atoms with van der Waals surface area (Å²) >= 11 is 6.64. The summed E-state index contributed by atoms with van der Waals surface area (Å²) in [7, 11) is 0. The van der Waals surface area contributed by atoms with Gasteiger partial charge in [0.15, 0.2) is 0 Å². The van der Waals surface area contributed by atoms with Crippen LogP contribution in [-0.4, -0.2) is 25.0 Å².